The fraction of sp³-hybridized carbons (Fsp3) is 0.325. The van der Waals surface area contributed by atoms with Crippen molar-refractivity contribution in [2.45, 2.75) is 44.6 Å². The number of benzene rings is 3. The molecule has 4 heterocycles. The second kappa shape index (κ2) is 16.1. The van der Waals surface area contributed by atoms with E-state index in [1.165, 1.54) is 18.2 Å². The number of rotatable bonds is 13. The first-order chi connectivity index (χ1) is 26.3. The summed E-state index contributed by atoms with van der Waals surface area (Å²) in [6.07, 6.45) is 4.45. The Morgan fingerprint density at radius 1 is 0.870 bits per heavy atom. The van der Waals surface area contributed by atoms with Gasteiger partial charge >= 0.3 is 0 Å². The summed E-state index contributed by atoms with van der Waals surface area (Å²) in [6.45, 7) is 2.79. The lowest BCUT2D eigenvalue weighted by atomic mass is 10.0. The minimum atomic E-state index is -1.09. The lowest BCUT2D eigenvalue weighted by Gasteiger charge is -2.36. The number of fused-ring (bicyclic) bond motifs is 2. The van der Waals surface area contributed by atoms with Crippen molar-refractivity contribution in [2.75, 3.05) is 49.5 Å². The molecule has 54 heavy (non-hydrogen) atoms. The van der Waals surface area contributed by atoms with E-state index in [1.807, 2.05) is 47.4 Å². The highest BCUT2D eigenvalue weighted by Crippen LogP contribution is 2.34. The van der Waals surface area contributed by atoms with Gasteiger partial charge in [0.15, 0.2) is 6.61 Å². The minimum absolute atomic E-state index is 0.0111. The summed E-state index contributed by atoms with van der Waals surface area (Å²) in [5.74, 6) is -2.71. The van der Waals surface area contributed by atoms with Gasteiger partial charge in [-0.2, -0.15) is 0 Å². The number of pyridine rings is 1. The molecule has 1 unspecified atom stereocenters. The van der Waals surface area contributed by atoms with Gasteiger partial charge < -0.3 is 25.2 Å². The Morgan fingerprint density at radius 2 is 1.69 bits per heavy atom. The second-order valence-electron chi connectivity index (χ2n) is 13.5. The summed E-state index contributed by atoms with van der Waals surface area (Å²) in [6, 6.07) is 21.7. The highest BCUT2D eigenvalue weighted by atomic mass is 16.5. The number of imide groups is 2. The number of hydrogen-bond acceptors (Lipinski definition) is 10. The Kier molecular flexibility index (Phi) is 10.8. The molecule has 2 fully saturated rings. The van der Waals surface area contributed by atoms with Gasteiger partial charge in [-0.3, -0.25) is 44.0 Å². The first kappa shape index (κ1) is 36.1. The van der Waals surface area contributed by atoms with E-state index in [9.17, 15) is 28.8 Å². The van der Waals surface area contributed by atoms with Crippen LogP contribution in [0.15, 0.2) is 79.0 Å². The number of piperidine rings is 1. The number of para-hydroxylation sites is 1. The van der Waals surface area contributed by atoms with E-state index < -0.39 is 35.6 Å². The predicted octanol–water partition coefficient (Wildman–Crippen LogP) is 3.78. The molecule has 0 aliphatic carbocycles. The zero-order valence-corrected chi connectivity index (χ0v) is 29.7. The maximum Gasteiger partial charge on any atom is 0.266 e. The van der Waals surface area contributed by atoms with E-state index in [0.717, 1.165) is 52.4 Å². The maximum absolute atomic E-state index is 13.2. The number of nitrogens with zero attached hydrogens (tertiary/aromatic N) is 4. The maximum atomic E-state index is 13.2. The zero-order chi connectivity index (χ0) is 37.6. The van der Waals surface area contributed by atoms with Crippen LogP contribution in [0.25, 0.3) is 10.9 Å². The molecule has 2 saturated heterocycles. The molecule has 0 saturated carbocycles. The Labute approximate surface area is 311 Å². The number of hydrogen-bond donors (Lipinski definition) is 3. The lowest BCUT2D eigenvalue weighted by molar-refractivity contribution is -0.136. The predicted molar refractivity (Wildman–Crippen MR) is 200 cm³/mol. The van der Waals surface area contributed by atoms with Crippen molar-refractivity contribution in [1.82, 2.24) is 25.4 Å². The van der Waals surface area contributed by atoms with E-state index in [-0.39, 0.29) is 42.2 Å². The van der Waals surface area contributed by atoms with Crippen LogP contribution in [0, 0.1) is 0 Å². The minimum Gasteiger partial charge on any atom is -0.483 e. The summed E-state index contributed by atoms with van der Waals surface area (Å²) in [4.78, 5) is 85.3. The van der Waals surface area contributed by atoms with Crippen molar-refractivity contribution in [1.29, 1.82) is 0 Å². The molecule has 6 amide bonds. The summed E-state index contributed by atoms with van der Waals surface area (Å²) < 4.78 is 5.64. The van der Waals surface area contributed by atoms with Crippen LogP contribution in [0.4, 0.5) is 17.1 Å². The first-order valence-electron chi connectivity index (χ1n) is 18.2. The molecule has 4 aromatic rings. The smallest absolute Gasteiger partial charge is 0.266 e. The van der Waals surface area contributed by atoms with Crippen molar-refractivity contribution in [3.63, 3.8) is 0 Å². The van der Waals surface area contributed by atoms with Crippen LogP contribution in [0.2, 0.25) is 0 Å². The molecular weight excluding hydrogens is 690 g/mol. The molecule has 3 aliphatic rings. The van der Waals surface area contributed by atoms with Crippen molar-refractivity contribution in [3.8, 4) is 5.75 Å². The number of piperazine rings is 1. The Hall–Kier alpha value is -6.31. The summed E-state index contributed by atoms with van der Waals surface area (Å²) >= 11 is 0. The van der Waals surface area contributed by atoms with Crippen molar-refractivity contribution < 1.29 is 33.5 Å². The van der Waals surface area contributed by atoms with Gasteiger partial charge in [0.05, 0.1) is 16.6 Å². The van der Waals surface area contributed by atoms with Gasteiger partial charge in [0, 0.05) is 74.2 Å². The molecule has 14 heteroatoms. The highest BCUT2D eigenvalue weighted by molar-refractivity contribution is 6.24. The number of nitrogens with one attached hydrogen (secondary N) is 3. The Bertz CT molecular complexity index is 2100. The molecule has 278 valence electrons. The average molecular weight is 732 g/mol. The van der Waals surface area contributed by atoms with Gasteiger partial charge in [-0.05, 0) is 67.8 Å². The molecule has 1 aromatic heterocycles. The highest BCUT2D eigenvalue weighted by Gasteiger charge is 2.46. The number of aromatic nitrogens is 1. The van der Waals surface area contributed by atoms with E-state index in [0.29, 0.717) is 38.9 Å². The molecular formula is C40H41N7O7. The third-order valence-electron chi connectivity index (χ3n) is 9.95. The van der Waals surface area contributed by atoms with Gasteiger partial charge in [-0.25, -0.2) is 0 Å². The summed E-state index contributed by atoms with van der Waals surface area (Å²) in [5.41, 5.74) is 4.07. The Morgan fingerprint density at radius 3 is 2.48 bits per heavy atom. The number of carbonyl (C=O) groups is 6. The van der Waals surface area contributed by atoms with Crippen LogP contribution in [0.1, 0.15) is 59.2 Å². The van der Waals surface area contributed by atoms with Crippen LogP contribution in [0.5, 0.6) is 5.75 Å². The number of ether oxygens (including phenoxy) is 1. The van der Waals surface area contributed by atoms with Gasteiger partial charge in [0.1, 0.15) is 11.8 Å². The molecule has 0 radical (unpaired) electrons. The molecule has 0 bridgehead atoms. The summed E-state index contributed by atoms with van der Waals surface area (Å²) in [5, 5.41) is 9.49. The quantitative estimate of drug-likeness (QED) is 0.136. The van der Waals surface area contributed by atoms with Crippen LogP contribution in [-0.2, 0) is 19.2 Å². The van der Waals surface area contributed by atoms with Gasteiger partial charge in [0.2, 0.25) is 17.7 Å². The fourth-order valence-corrected chi connectivity index (χ4v) is 7.09. The largest absolute Gasteiger partial charge is 0.483 e. The molecule has 1 atom stereocenters. The van der Waals surface area contributed by atoms with Crippen molar-refractivity contribution >= 4 is 63.4 Å². The third kappa shape index (κ3) is 7.87. The van der Waals surface area contributed by atoms with E-state index >= 15 is 0 Å². The summed E-state index contributed by atoms with van der Waals surface area (Å²) in [7, 11) is 0. The van der Waals surface area contributed by atoms with Crippen LogP contribution in [0.3, 0.4) is 0 Å². The molecule has 3 aromatic carbocycles. The van der Waals surface area contributed by atoms with Gasteiger partial charge in [-0.15, -0.1) is 0 Å². The number of carbonyl (C=O) groups excluding carboxylic acids is 6. The molecule has 14 nitrogen and oxygen atoms in total. The molecule has 3 aliphatic heterocycles. The van der Waals surface area contributed by atoms with E-state index in [1.54, 1.807) is 6.20 Å². The topological polar surface area (TPSA) is 170 Å². The zero-order valence-electron chi connectivity index (χ0n) is 29.7. The number of amides is 6. The van der Waals surface area contributed by atoms with Crippen molar-refractivity contribution in [2.24, 2.45) is 0 Å². The normalized spacial score (nSPS) is 17.0. The fourth-order valence-electron chi connectivity index (χ4n) is 7.09. The van der Waals surface area contributed by atoms with Crippen LogP contribution in [-0.4, -0.2) is 95.6 Å². The molecule has 3 N–H and O–H groups in total. The van der Waals surface area contributed by atoms with Crippen LogP contribution >= 0.6 is 0 Å². The van der Waals surface area contributed by atoms with Gasteiger partial charge in [0.25, 0.3) is 17.7 Å². The van der Waals surface area contributed by atoms with Crippen molar-refractivity contribution in [3.05, 3.63) is 90.1 Å². The van der Waals surface area contributed by atoms with Crippen LogP contribution < -0.4 is 25.6 Å². The van der Waals surface area contributed by atoms with E-state index in [2.05, 4.69) is 38.0 Å². The van der Waals surface area contributed by atoms with E-state index in [4.69, 9.17) is 4.74 Å². The third-order valence-corrected chi connectivity index (χ3v) is 9.95. The van der Waals surface area contributed by atoms with Gasteiger partial charge in [-0.1, -0.05) is 30.7 Å². The molecule has 7 rings (SSSR count). The number of unbranched alkanes of at least 4 members (excludes halogenated alkanes) is 2. The SMILES string of the molecule is O=C(COc1cccc2c1C(=O)N(C1CCC(=O)NC1=O)C2=O)NCCCCCC(=O)N1CCN(c2ccc3nccc(Nc4ccccc4)c3c2)CC1. The first-order valence-corrected chi connectivity index (χ1v) is 18.2. The molecule has 0 spiro atoms. The average Bonchev–Trinajstić information content (AvgIpc) is 3.44. The lowest BCUT2D eigenvalue weighted by Crippen LogP contribution is -2.54. The second-order valence-corrected chi connectivity index (χ2v) is 13.5. The standard InChI is InChI=1S/C40H41N7O7/c48-34-16-15-32(38(51)44-34)47-39(52)28-10-7-11-33(37(28)40(47)53)54-25-35(49)42-18-6-2-5-12-36(50)46-22-20-45(21-23-46)27-13-14-30-29(24-27)31(17-19-41-30)43-26-8-3-1-4-9-26/h1,3-4,7-11,13-14,17,19,24,32H,2,5-6,12,15-16,18,20-23,25H2,(H,41,43)(H,42,49)(H,44,48,51). The number of anilines is 3. The Balaban J connectivity index is 0.809. The monoisotopic (exact) mass is 731 g/mol.